The molecule has 1 aliphatic heterocycles. The van der Waals surface area contributed by atoms with Crippen molar-refractivity contribution in [2.24, 2.45) is 28.3 Å². The van der Waals surface area contributed by atoms with Gasteiger partial charge in [-0.2, -0.15) is 12.6 Å². The van der Waals surface area contributed by atoms with Gasteiger partial charge in [0, 0.05) is 37.8 Å². The van der Waals surface area contributed by atoms with Gasteiger partial charge >= 0.3 is 0 Å². The van der Waals surface area contributed by atoms with Crippen LogP contribution in [0.5, 0.6) is 0 Å². The Hall–Kier alpha value is -5.72. The summed E-state index contributed by atoms with van der Waals surface area (Å²) >= 11 is 4.50. The molecular formula is C45H81N13O11S. The molecule has 0 aliphatic carbocycles. The van der Waals surface area contributed by atoms with E-state index in [1.165, 1.54) is 32.7 Å². The van der Waals surface area contributed by atoms with Gasteiger partial charge in [-0.25, -0.2) is 0 Å². The number of rotatable bonds is 29. The van der Waals surface area contributed by atoms with E-state index in [2.05, 4.69) is 60.2 Å². The summed E-state index contributed by atoms with van der Waals surface area (Å²) in [6, 6.07) is -8.78. The Bertz CT molecular complexity index is 1860. The molecule has 8 atom stereocenters. The second-order valence-corrected chi connectivity index (χ2v) is 20.0. The van der Waals surface area contributed by atoms with Crippen molar-refractivity contribution in [1.82, 2.24) is 52.3 Å². The lowest BCUT2D eigenvalue weighted by Gasteiger charge is -2.33. The van der Waals surface area contributed by atoms with Crippen LogP contribution in [0.4, 0.5) is 0 Å². The number of aliphatic hydroxyl groups is 1. The zero-order chi connectivity index (χ0) is 53.6. The van der Waals surface area contributed by atoms with Crippen molar-refractivity contribution in [3.63, 3.8) is 0 Å². The molecule has 0 aromatic carbocycles. The van der Waals surface area contributed by atoms with Gasteiger partial charge in [-0.05, 0) is 71.6 Å². The Labute approximate surface area is 417 Å². The topological polar surface area (TPSA) is 358 Å². The van der Waals surface area contributed by atoms with Gasteiger partial charge in [0.25, 0.3) is 0 Å². The van der Waals surface area contributed by atoms with Crippen LogP contribution < -0.4 is 54.0 Å². The van der Waals surface area contributed by atoms with Crippen LogP contribution in [0.25, 0.3) is 0 Å². The minimum absolute atomic E-state index is 0.0724. The number of thiol groups is 1. The summed E-state index contributed by atoms with van der Waals surface area (Å²) in [5.41, 5.74) is 11.0. The van der Waals surface area contributed by atoms with E-state index in [-0.39, 0.29) is 49.7 Å². The molecule has 0 saturated carbocycles. The first-order valence-corrected chi connectivity index (χ1v) is 24.3. The van der Waals surface area contributed by atoms with Gasteiger partial charge in [-0.3, -0.25) is 52.9 Å². The number of hydrogen-bond acceptors (Lipinski definition) is 13. The van der Waals surface area contributed by atoms with Crippen LogP contribution in [0.1, 0.15) is 114 Å². The van der Waals surface area contributed by atoms with Crippen molar-refractivity contribution < 1.29 is 53.1 Å². The van der Waals surface area contributed by atoms with Gasteiger partial charge < -0.3 is 68.9 Å². The SMILES string of the molecule is CCC[C@H](NC(=O)[C@H](CO)NC(=O)[C@H](NC(=O)[C@@H](NC(=O)CNC(=O)CN(C)C(C)=O)C(C)C)C(C)(C)S)C(=O)N[C@H](C(=O)N[C@@H](CCCN=C(N)N)C(=O)N1CCC[C@H]1C(=O)NC(C)C)[C@@H](C)CC. The number of aliphatic imine (C=N–C) groups is 1. The molecule has 10 amide bonds. The quantitative estimate of drug-likeness (QED) is 0.0157. The normalized spacial score (nSPS) is 16.5. The largest absolute Gasteiger partial charge is 0.394 e. The molecule has 25 heteroatoms. The second-order valence-electron chi connectivity index (χ2n) is 18.9. The summed E-state index contributed by atoms with van der Waals surface area (Å²) in [5, 5.41) is 31.2. The zero-order valence-electron chi connectivity index (χ0n) is 42.7. The maximum absolute atomic E-state index is 14.2. The molecule has 1 fully saturated rings. The molecule has 1 saturated heterocycles. The van der Waals surface area contributed by atoms with E-state index in [9.17, 15) is 53.1 Å². The molecule has 398 valence electrons. The summed E-state index contributed by atoms with van der Waals surface area (Å²) < 4.78 is -1.29. The van der Waals surface area contributed by atoms with Gasteiger partial charge in [-0.1, -0.05) is 47.5 Å². The molecule has 24 nitrogen and oxygen atoms in total. The molecule has 70 heavy (non-hydrogen) atoms. The van der Waals surface area contributed by atoms with Crippen molar-refractivity contribution in [3.8, 4) is 0 Å². The minimum atomic E-state index is -1.64. The highest BCUT2D eigenvalue weighted by Crippen LogP contribution is 2.21. The number of nitrogens with zero attached hydrogens (tertiary/aromatic N) is 3. The summed E-state index contributed by atoms with van der Waals surface area (Å²) in [6.45, 7) is 15.2. The summed E-state index contributed by atoms with van der Waals surface area (Å²) in [6.07, 6.45) is 2.28. The number of likely N-dealkylation sites (tertiary alicyclic amines) is 1. The van der Waals surface area contributed by atoms with Gasteiger partial charge in [0.1, 0.15) is 42.3 Å². The Morgan fingerprint density at radius 1 is 0.771 bits per heavy atom. The third kappa shape index (κ3) is 21.1. The van der Waals surface area contributed by atoms with E-state index in [1.54, 1.807) is 34.6 Å². The minimum Gasteiger partial charge on any atom is -0.394 e. The lowest BCUT2D eigenvalue weighted by molar-refractivity contribution is -0.142. The van der Waals surface area contributed by atoms with Crippen molar-refractivity contribution >= 4 is 77.7 Å². The molecule has 1 aliphatic rings. The monoisotopic (exact) mass is 1010 g/mol. The number of nitrogens with two attached hydrogens (primary N) is 2. The molecule has 0 unspecified atom stereocenters. The first kappa shape index (κ1) is 62.3. The molecular weight excluding hydrogens is 931 g/mol. The van der Waals surface area contributed by atoms with Crippen LogP contribution in [0.15, 0.2) is 4.99 Å². The van der Waals surface area contributed by atoms with Gasteiger partial charge in [0.05, 0.1) is 19.7 Å². The maximum Gasteiger partial charge on any atom is 0.245 e. The molecule has 1 heterocycles. The fourth-order valence-corrected chi connectivity index (χ4v) is 7.44. The molecule has 13 N–H and O–H groups in total. The Morgan fingerprint density at radius 2 is 1.36 bits per heavy atom. The van der Waals surface area contributed by atoms with E-state index in [1.807, 2.05) is 13.8 Å². The number of carbonyl (C=O) groups is 10. The van der Waals surface area contributed by atoms with Crippen molar-refractivity contribution in [3.05, 3.63) is 0 Å². The fourth-order valence-electron chi connectivity index (χ4n) is 7.26. The molecule has 0 bridgehead atoms. The lowest BCUT2D eigenvalue weighted by Crippen LogP contribution is -2.64. The Balaban J connectivity index is 3.27. The standard InChI is InChI=1S/C45H81N13O11S/c1-12-16-28(37(63)55-35(26(7)13-2)41(67)52-29(17-14-19-48-44(46)47)43(69)58-20-15-18-31(58)39(65)50-25(5)6)51-38(64)30(23-59)53-42(68)36(45(9,10)70)56-40(66)34(24(3)4)54-32(61)21-49-33(62)22-57(11)27(8)60/h24-26,28-31,34-36,59,70H,12-23H2,1-11H3,(H,49,62)(H,50,65)(H,51,64)(H,52,67)(H,53,68)(H,54,61)(H,55,63)(H,56,66)(H4,46,47,48)/t26-,28-,29-,30-,31-,34-,35-,36-/m0/s1. The highest BCUT2D eigenvalue weighted by Gasteiger charge is 2.41. The van der Waals surface area contributed by atoms with E-state index >= 15 is 0 Å². The number of guanidine groups is 1. The van der Waals surface area contributed by atoms with E-state index in [0.717, 1.165) is 4.90 Å². The molecule has 0 aromatic heterocycles. The van der Waals surface area contributed by atoms with Crippen LogP contribution in [-0.2, 0) is 47.9 Å². The van der Waals surface area contributed by atoms with E-state index in [0.29, 0.717) is 38.6 Å². The highest BCUT2D eigenvalue weighted by molar-refractivity contribution is 7.81. The summed E-state index contributed by atoms with van der Waals surface area (Å²) in [7, 11) is 1.41. The molecule has 1 rings (SSSR count). The third-order valence-electron chi connectivity index (χ3n) is 11.5. The first-order chi connectivity index (χ1) is 32.6. The summed E-state index contributed by atoms with van der Waals surface area (Å²) in [5.74, 6) is -7.77. The number of carbonyl (C=O) groups excluding carboxylic acids is 10. The number of amides is 10. The smallest absolute Gasteiger partial charge is 0.245 e. The van der Waals surface area contributed by atoms with Crippen LogP contribution in [0.2, 0.25) is 0 Å². The van der Waals surface area contributed by atoms with Crippen LogP contribution >= 0.6 is 12.6 Å². The van der Waals surface area contributed by atoms with Crippen molar-refractivity contribution in [1.29, 1.82) is 0 Å². The average Bonchev–Trinajstić information content (AvgIpc) is 3.77. The Kier molecular flexibility index (Phi) is 26.8. The van der Waals surface area contributed by atoms with E-state index in [4.69, 9.17) is 11.5 Å². The van der Waals surface area contributed by atoms with E-state index < -0.39 is 119 Å². The van der Waals surface area contributed by atoms with Crippen LogP contribution in [0, 0.1) is 11.8 Å². The summed E-state index contributed by atoms with van der Waals surface area (Å²) in [4.78, 5) is 139. The third-order valence-corrected chi connectivity index (χ3v) is 11.8. The Morgan fingerprint density at radius 3 is 1.89 bits per heavy atom. The molecule has 0 radical (unpaired) electrons. The number of aliphatic hydroxyl groups excluding tert-OH is 1. The van der Waals surface area contributed by atoms with Gasteiger partial charge in [-0.15, -0.1) is 0 Å². The van der Waals surface area contributed by atoms with Gasteiger partial charge in [0.2, 0.25) is 59.1 Å². The maximum atomic E-state index is 14.2. The lowest BCUT2D eigenvalue weighted by atomic mass is 9.96. The van der Waals surface area contributed by atoms with Crippen LogP contribution in [0.3, 0.4) is 0 Å². The predicted octanol–water partition coefficient (Wildman–Crippen LogP) is -2.74. The van der Waals surface area contributed by atoms with Crippen LogP contribution in [-0.4, -0.2) is 173 Å². The number of likely N-dealkylation sites (N-methyl/N-ethyl adjacent to an activating group) is 1. The average molecular weight is 1010 g/mol. The number of nitrogens with one attached hydrogen (secondary N) is 8. The second kappa shape index (κ2) is 30.1. The number of hydrogen-bond donors (Lipinski definition) is 12. The predicted molar refractivity (Wildman–Crippen MR) is 265 cm³/mol. The van der Waals surface area contributed by atoms with Crippen molar-refractivity contribution in [2.45, 2.75) is 167 Å². The molecule has 0 aromatic rings. The molecule has 0 spiro atoms. The zero-order valence-corrected chi connectivity index (χ0v) is 43.6. The van der Waals surface area contributed by atoms with Gasteiger partial charge in [0.15, 0.2) is 5.96 Å². The first-order valence-electron chi connectivity index (χ1n) is 23.9. The van der Waals surface area contributed by atoms with Crippen molar-refractivity contribution in [2.75, 3.05) is 39.8 Å². The highest BCUT2D eigenvalue weighted by atomic mass is 32.1. The fraction of sp³-hybridized carbons (Fsp3) is 0.756.